The highest BCUT2D eigenvalue weighted by molar-refractivity contribution is 6.30. The van der Waals surface area contributed by atoms with Crippen molar-refractivity contribution in [2.24, 2.45) is 5.73 Å². The molecule has 0 radical (unpaired) electrons. The highest BCUT2D eigenvalue weighted by atomic mass is 35.5. The summed E-state index contributed by atoms with van der Waals surface area (Å²) < 4.78 is 13.3. The van der Waals surface area contributed by atoms with Crippen molar-refractivity contribution in [3.8, 4) is 0 Å². The fourth-order valence-electron chi connectivity index (χ4n) is 2.53. The lowest BCUT2D eigenvalue weighted by Gasteiger charge is -2.32. The predicted molar refractivity (Wildman–Crippen MR) is 74.7 cm³/mol. The summed E-state index contributed by atoms with van der Waals surface area (Å²) in [7, 11) is 0. The molecule has 1 aromatic rings. The molecule has 0 aromatic heterocycles. The van der Waals surface area contributed by atoms with Gasteiger partial charge in [-0.15, -0.1) is 0 Å². The van der Waals surface area contributed by atoms with Gasteiger partial charge in [-0.05, 0) is 31.0 Å². The fraction of sp³-hybridized carbons (Fsp3) is 0.500. The first-order valence-corrected chi connectivity index (χ1v) is 6.90. The maximum Gasteiger partial charge on any atom is 0.226 e. The van der Waals surface area contributed by atoms with Crippen LogP contribution in [0.15, 0.2) is 18.2 Å². The molecular formula is C14H18ClFN2O. The van der Waals surface area contributed by atoms with E-state index in [1.165, 1.54) is 18.6 Å². The molecule has 0 unspecified atom stereocenters. The van der Waals surface area contributed by atoms with Crippen LogP contribution in [0, 0.1) is 5.82 Å². The van der Waals surface area contributed by atoms with Gasteiger partial charge in [0.1, 0.15) is 5.82 Å². The van der Waals surface area contributed by atoms with Crippen molar-refractivity contribution in [2.45, 2.75) is 44.1 Å². The SMILES string of the molecule is NC1(CC(=O)Nc2ccc(Cl)c(F)c2)CCCCC1. The van der Waals surface area contributed by atoms with Crippen molar-refractivity contribution in [3.05, 3.63) is 29.0 Å². The van der Waals surface area contributed by atoms with E-state index in [1.54, 1.807) is 6.07 Å². The number of anilines is 1. The third kappa shape index (κ3) is 3.91. The largest absolute Gasteiger partial charge is 0.326 e. The molecule has 0 atom stereocenters. The molecule has 0 heterocycles. The molecule has 0 spiro atoms. The maximum atomic E-state index is 13.3. The number of halogens is 2. The number of rotatable bonds is 3. The molecule has 1 amide bonds. The first-order chi connectivity index (χ1) is 8.98. The molecule has 1 aliphatic carbocycles. The summed E-state index contributed by atoms with van der Waals surface area (Å²) in [5, 5.41) is 2.71. The highest BCUT2D eigenvalue weighted by Gasteiger charge is 2.29. The summed E-state index contributed by atoms with van der Waals surface area (Å²) in [4.78, 5) is 11.9. The summed E-state index contributed by atoms with van der Waals surface area (Å²) in [5.41, 5.74) is 6.21. The number of carbonyl (C=O) groups is 1. The lowest BCUT2D eigenvalue weighted by molar-refractivity contribution is -0.117. The van der Waals surface area contributed by atoms with E-state index in [0.717, 1.165) is 25.7 Å². The molecule has 0 aliphatic heterocycles. The average Bonchev–Trinajstić information content (AvgIpc) is 2.34. The molecule has 5 heteroatoms. The summed E-state index contributed by atoms with van der Waals surface area (Å²) in [6.07, 6.45) is 5.34. The second kappa shape index (κ2) is 5.88. The summed E-state index contributed by atoms with van der Waals surface area (Å²) in [6.45, 7) is 0. The van der Waals surface area contributed by atoms with Gasteiger partial charge in [-0.2, -0.15) is 0 Å². The van der Waals surface area contributed by atoms with Crippen LogP contribution in [-0.4, -0.2) is 11.4 Å². The molecule has 1 saturated carbocycles. The Bertz CT molecular complexity index is 473. The van der Waals surface area contributed by atoms with Crippen LogP contribution in [0.25, 0.3) is 0 Å². The molecule has 104 valence electrons. The van der Waals surface area contributed by atoms with Gasteiger partial charge >= 0.3 is 0 Å². The molecule has 19 heavy (non-hydrogen) atoms. The molecule has 1 aromatic carbocycles. The topological polar surface area (TPSA) is 55.1 Å². The molecule has 2 rings (SSSR count). The van der Waals surface area contributed by atoms with Gasteiger partial charge in [0.2, 0.25) is 5.91 Å². The molecular weight excluding hydrogens is 267 g/mol. The number of nitrogens with one attached hydrogen (secondary N) is 1. The molecule has 1 aliphatic rings. The van der Waals surface area contributed by atoms with Crippen LogP contribution in [0.2, 0.25) is 5.02 Å². The van der Waals surface area contributed by atoms with Crippen molar-refractivity contribution < 1.29 is 9.18 Å². The van der Waals surface area contributed by atoms with E-state index in [0.29, 0.717) is 5.69 Å². The predicted octanol–water partition coefficient (Wildman–Crippen LogP) is 3.47. The Balaban J connectivity index is 1.95. The number of amides is 1. The Labute approximate surface area is 117 Å². The Hall–Kier alpha value is -1.13. The van der Waals surface area contributed by atoms with Crippen molar-refractivity contribution in [3.63, 3.8) is 0 Å². The second-order valence-electron chi connectivity index (χ2n) is 5.28. The number of nitrogens with two attached hydrogens (primary N) is 1. The van der Waals surface area contributed by atoms with E-state index in [4.69, 9.17) is 17.3 Å². The Morgan fingerprint density at radius 3 is 2.68 bits per heavy atom. The van der Waals surface area contributed by atoms with Crippen LogP contribution in [0.5, 0.6) is 0 Å². The summed E-state index contributed by atoms with van der Waals surface area (Å²) in [5.74, 6) is -0.717. The van der Waals surface area contributed by atoms with Gasteiger partial charge in [-0.3, -0.25) is 4.79 Å². The first-order valence-electron chi connectivity index (χ1n) is 6.52. The smallest absolute Gasteiger partial charge is 0.226 e. The zero-order chi connectivity index (χ0) is 13.9. The number of benzene rings is 1. The minimum atomic E-state index is -0.542. The third-order valence-electron chi connectivity index (χ3n) is 3.57. The Kier molecular flexibility index (Phi) is 4.42. The molecule has 3 N–H and O–H groups in total. The zero-order valence-corrected chi connectivity index (χ0v) is 11.5. The number of hydrogen-bond donors (Lipinski definition) is 2. The van der Waals surface area contributed by atoms with Gasteiger partial charge in [0.25, 0.3) is 0 Å². The standard InChI is InChI=1S/C14H18ClFN2O/c15-11-5-4-10(8-12(11)16)18-13(19)9-14(17)6-2-1-3-7-14/h4-5,8H,1-3,6-7,9,17H2,(H,18,19). The lowest BCUT2D eigenvalue weighted by atomic mass is 9.80. The molecule has 3 nitrogen and oxygen atoms in total. The normalized spacial score (nSPS) is 18.1. The van der Waals surface area contributed by atoms with Gasteiger partial charge in [-0.25, -0.2) is 4.39 Å². The quantitative estimate of drug-likeness (QED) is 0.893. The monoisotopic (exact) mass is 284 g/mol. The Morgan fingerprint density at radius 1 is 1.37 bits per heavy atom. The van der Waals surface area contributed by atoms with Crippen LogP contribution < -0.4 is 11.1 Å². The highest BCUT2D eigenvalue weighted by Crippen LogP contribution is 2.29. The van der Waals surface area contributed by atoms with E-state index in [2.05, 4.69) is 5.32 Å². The van der Waals surface area contributed by atoms with E-state index >= 15 is 0 Å². The van der Waals surface area contributed by atoms with Crippen LogP contribution in [0.4, 0.5) is 10.1 Å². The van der Waals surface area contributed by atoms with Gasteiger partial charge in [0, 0.05) is 17.6 Å². The minimum Gasteiger partial charge on any atom is -0.326 e. The molecule has 0 bridgehead atoms. The zero-order valence-electron chi connectivity index (χ0n) is 10.7. The van der Waals surface area contributed by atoms with E-state index in [1.807, 2.05) is 0 Å². The number of hydrogen-bond acceptors (Lipinski definition) is 2. The van der Waals surface area contributed by atoms with Crippen molar-refractivity contribution in [1.29, 1.82) is 0 Å². The van der Waals surface area contributed by atoms with E-state index in [-0.39, 0.29) is 17.4 Å². The van der Waals surface area contributed by atoms with Gasteiger partial charge in [-0.1, -0.05) is 30.9 Å². The van der Waals surface area contributed by atoms with Gasteiger partial charge in [0.05, 0.1) is 5.02 Å². The minimum absolute atomic E-state index is 0.0422. The maximum absolute atomic E-state index is 13.3. The summed E-state index contributed by atoms with van der Waals surface area (Å²) >= 11 is 5.59. The van der Waals surface area contributed by atoms with Gasteiger partial charge in [0.15, 0.2) is 0 Å². The van der Waals surface area contributed by atoms with Crippen LogP contribution in [0.3, 0.4) is 0 Å². The van der Waals surface area contributed by atoms with Gasteiger partial charge < -0.3 is 11.1 Å². The number of carbonyl (C=O) groups excluding carboxylic acids is 1. The van der Waals surface area contributed by atoms with Crippen molar-refractivity contribution >= 4 is 23.2 Å². The lowest BCUT2D eigenvalue weighted by Crippen LogP contribution is -2.44. The molecule has 0 saturated heterocycles. The van der Waals surface area contributed by atoms with Crippen LogP contribution >= 0.6 is 11.6 Å². The van der Waals surface area contributed by atoms with Crippen LogP contribution in [0.1, 0.15) is 38.5 Å². The second-order valence-corrected chi connectivity index (χ2v) is 5.68. The average molecular weight is 285 g/mol. The molecule has 1 fully saturated rings. The fourth-order valence-corrected chi connectivity index (χ4v) is 2.65. The third-order valence-corrected chi connectivity index (χ3v) is 3.87. The van der Waals surface area contributed by atoms with Crippen molar-refractivity contribution in [1.82, 2.24) is 0 Å². The van der Waals surface area contributed by atoms with Crippen molar-refractivity contribution in [2.75, 3.05) is 5.32 Å². The first kappa shape index (κ1) is 14.3. The van der Waals surface area contributed by atoms with Crippen LogP contribution in [-0.2, 0) is 4.79 Å². The summed E-state index contributed by atoms with van der Waals surface area (Å²) in [6, 6.07) is 4.21. The Morgan fingerprint density at radius 2 is 2.05 bits per heavy atom. The van der Waals surface area contributed by atoms with E-state index < -0.39 is 11.4 Å². The van der Waals surface area contributed by atoms with E-state index in [9.17, 15) is 9.18 Å².